The van der Waals surface area contributed by atoms with E-state index in [-0.39, 0.29) is 25.7 Å². The van der Waals surface area contributed by atoms with Crippen LogP contribution in [0.2, 0.25) is 0 Å². The molecule has 17 nitrogen and oxygen atoms in total. The maximum Gasteiger partial charge on any atom is 0.472 e. The smallest absolute Gasteiger partial charge is 0.462 e. The number of unbranched alkanes of at least 4 members (excludes halogenated alkanes) is 45. The highest BCUT2D eigenvalue weighted by Gasteiger charge is 2.30. The van der Waals surface area contributed by atoms with Crippen LogP contribution in [0.5, 0.6) is 0 Å². The van der Waals surface area contributed by atoms with Gasteiger partial charge in [-0.15, -0.1) is 0 Å². The fourth-order valence-electron chi connectivity index (χ4n) is 11.3. The van der Waals surface area contributed by atoms with Crippen molar-refractivity contribution in [3.8, 4) is 0 Å². The summed E-state index contributed by atoms with van der Waals surface area (Å²) in [5.74, 6) is -1.31. The normalized spacial score (nSPS) is 14.3. The van der Waals surface area contributed by atoms with Gasteiger partial charge in [-0.25, -0.2) is 9.13 Å². The highest BCUT2D eigenvalue weighted by molar-refractivity contribution is 7.47. The molecule has 3 unspecified atom stereocenters. The molecule has 0 heterocycles. The Morgan fingerprint density at radius 1 is 0.301 bits per heavy atom. The molecule has 0 aromatic rings. The van der Waals surface area contributed by atoms with Crippen molar-refractivity contribution in [2.45, 2.75) is 406 Å². The standard InChI is InChI=1S/C74H144O17P2/c1-6-10-13-16-19-21-23-25-26-27-28-29-30-32-34-40-45-50-55-60-74(79)91-70(64-85-72(77)58-53-48-43-38-36-35-37-42-46-51-56-67(5)9-4)66-89-93(82,83)87-62-68(75)61-86-92(80,81)88-65-69(63-84-71(76)57-52-47-41-18-15-12-8-3)90-73(78)59-54-49-44-39-33-31-24-22-20-17-14-11-7-2/h67-70,75H,6-66H2,1-5H3,(H,80,81)(H,82,83)/t67?,68-,69+,70+/m0/s1. The van der Waals surface area contributed by atoms with Crippen molar-refractivity contribution < 1.29 is 80.2 Å². The maximum absolute atomic E-state index is 13.1. The summed E-state index contributed by atoms with van der Waals surface area (Å²) in [6, 6.07) is 0. The number of hydrogen-bond acceptors (Lipinski definition) is 15. The van der Waals surface area contributed by atoms with Crippen LogP contribution in [-0.2, 0) is 65.4 Å². The second kappa shape index (κ2) is 67.3. The van der Waals surface area contributed by atoms with E-state index in [1.165, 1.54) is 199 Å². The molecule has 0 aromatic carbocycles. The van der Waals surface area contributed by atoms with E-state index in [2.05, 4.69) is 34.6 Å². The number of ether oxygens (including phenoxy) is 4. The van der Waals surface area contributed by atoms with Crippen molar-refractivity contribution in [1.29, 1.82) is 0 Å². The Balaban J connectivity index is 5.19. The van der Waals surface area contributed by atoms with Gasteiger partial charge in [0.25, 0.3) is 0 Å². The first-order valence-electron chi connectivity index (χ1n) is 38.7. The highest BCUT2D eigenvalue weighted by atomic mass is 31.2. The number of aliphatic hydroxyl groups is 1. The van der Waals surface area contributed by atoms with Crippen molar-refractivity contribution in [3.63, 3.8) is 0 Å². The van der Waals surface area contributed by atoms with Crippen molar-refractivity contribution in [2.75, 3.05) is 39.6 Å². The molecule has 0 aliphatic rings. The summed E-state index contributed by atoms with van der Waals surface area (Å²) < 4.78 is 68.4. The molecule has 0 radical (unpaired) electrons. The lowest BCUT2D eigenvalue weighted by molar-refractivity contribution is -0.161. The lowest BCUT2D eigenvalue weighted by atomic mass is 9.99. The van der Waals surface area contributed by atoms with Crippen LogP contribution in [0.15, 0.2) is 0 Å². The molecule has 0 rings (SSSR count). The number of phosphoric ester groups is 2. The van der Waals surface area contributed by atoms with E-state index in [9.17, 15) is 43.2 Å². The zero-order valence-corrected chi connectivity index (χ0v) is 62.2. The summed E-state index contributed by atoms with van der Waals surface area (Å²) in [5, 5.41) is 10.6. The predicted molar refractivity (Wildman–Crippen MR) is 377 cm³/mol. The molecule has 93 heavy (non-hydrogen) atoms. The third kappa shape index (κ3) is 67.0. The summed E-state index contributed by atoms with van der Waals surface area (Å²) in [6.07, 6.45) is 55.5. The molecule has 0 saturated carbocycles. The van der Waals surface area contributed by atoms with Crippen LogP contribution < -0.4 is 0 Å². The summed E-state index contributed by atoms with van der Waals surface area (Å²) >= 11 is 0. The number of carbonyl (C=O) groups excluding carboxylic acids is 4. The molecule has 552 valence electrons. The largest absolute Gasteiger partial charge is 0.472 e. The van der Waals surface area contributed by atoms with Gasteiger partial charge in [0.2, 0.25) is 0 Å². The van der Waals surface area contributed by atoms with Crippen LogP contribution in [0.3, 0.4) is 0 Å². The third-order valence-corrected chi connectivity index (χ3v) is 19.5. The lowest BCUT2D eigenvalue weighted by Gasteiger charge is -2.21. The molecule has 0 fully saturated rings. The van der Waals surface area contributed by atoms with Crippen molar-refractivity contribution in [2.24, 2.45) is 5.92 Å². The summed E-state index contributed by atoms with van der Waals surface area (Å²) in [6.45, 7) is 7.27. The molecule has 3 N–H and O–H groups in total. The topological polar surface area (TPSA) is 237 Å². The second-order valence-electron chi connectivity index (χ2n) is 26.9. The molecule has 19 heteroatoms. The molecule has 0 spiro atoms. The van der Waals surface area contributed by atoms with Crippen molar-refractivity contribution in [1.82, 2.24) is 0 Å². The highest BCUT2D eigenvalue weighted by Crippen LogP contribution is 2.45. The molecule has 6 atom stereocenters. The van der Waals surface area contributed by atoms with E-state index in [1.54, 1.807) is 0 Å². The monoisotopic (exact) mass is 1370 g/mol. The summed E-state index contributed by atoms with van der Waals surface area (Å²) in [5.41, 5.74) is 0. The predicted octanol–water partition coefficient (Wildman–Crippen LogP) is 21.7. The van der Waals surface area contributed by atoms with Gasteiger partial charge < -0.3 is 33.8 Å². The zero-order valence-electron chi connectivity index (χ0n) is 60.4. The molecular formula is C74H144O17P2. The van der Waals surface area contributed by atoms with Gasteiger partial charge in [0.05, 0.1) is 26.4 Å². The van der Waals surface area contributed by atoms with E-state index in [0.29, 0.717) is 25.7 Å². The van der Waals surface area contributed by atoms with E-state index in [1.807, 2.05) is 0 Å². The molecule has 0 saturated heterocycles. The fourth-order valence-corrected chi connectivity index (χ4v) is 12.9. The number of aliphatic hydroxyl groups excluding tert-OH is 1. The van der Waals surface area contributed by atoms with Gasteiger partial charge in [-0.1, -0.05) is 336 Å². The van der Waals surface area contributed by atoms with Crippen LogP contribution in [0.25, 0.3) is 0 Å². The quantitative estimate of drug-likeness (QED) is 0.0222. The number of hydrogen-bond donors (Lipinski definition) is 3. The van der Waals surface area contributed by atoms with Gasteiger partial charge in [-0.05, 0) is 31.6 Å². The Kier molecular flexibility index (Phi) is 65.9. The molecule has 0 aromatic heterocycles. The third-order valence-electron chi connectivity index (χ3n) is 17.6. The Bertz CT molecular complexity index is 1790. The van der Waals surface area contributed by atoms with Crippen LogP contribution in [0, 0.1) is 5.92 Å². The number of carbonyl (C=O) groups is 4. The van der Waals surface area contributed by atoms with Crippen LogP contribution in [0.4, 0.5) is 0 Å². The fraction of sp³-hybridized carbons (Fsp3) is 0.946. The first kappa shape index (κ1) is 91.1. The Labute approximate surface area is 568 Å². The number of phosphoric acid groups is 2. The number of esters is 4. The van der Waals surface area contributed by atoms with Crippen molar-refractivity contribution in [3.05, 3.63) is 0 Å². The Morgan fingerprint density at radius 3 is 0.763 bits per heavy atom. The van der Waals surface area contributed by atoms with Gasteiger partial charge in [0.1, 0.15) is 19.3 Å². The lowest BCUT2D eigenvalue weighted by Crippen LogP contribution is -2.30. The molecule has 0 bridgehead atoms. The minimum Gasteiger partial charge on any atom is -0.462 e. The van der Waals surface area contributed by atoms with Gasteiger partial charge in [-0.2, -0.15) is 0 Å². The zero-order chi connectivity index (χ0) is 68.4. The average Bonchev–Trinajstić information content (AvgIpc) is 3.63. The van der Waals surface area contributed by atoms with Crippen molar-refractivity contribution >= 4 is 39.5 Å². The molecule has 0 aliphatic carbocycles. The van der Waals surface area contributed by atoms with Gasteiger partial charge in [0, 0.05) is 25.7 Å². The van der Waals surface area contributed by atoms with Crippen LogP contribution >= 0.6 is 15.6 Å². The second-order valence-corrected chi connectivity index (χ2v) is 29.8. The van der Waals surface area contributed by atoms with Gasteiger partial charge >= 0.3 is 39.5 Å². The van der Waals surface area contributed by atoms with Crippen LogP contribution in [0.1, 0.15) is 388 Å². The first-order chi connectivity index (χ1) is 45.1. The summed E-state index contributed by atoms with van der Waals surface area (Å²) in [4.78, 5) is 72.6. The average molecular weight is 1370 g/mol. The van der Waals surface area contributed by atoms with Crippen LogP contribution in [-0.4, -0.2) is 96.7 Å². The molecule has 0 amide bonds. The van der Waals surface area contributed by atoms with E-state index in [4.69, 9.17) is 37.0 Å². The SMILES string of the molecule is CCCCCCCCCCCCCCCCCCCCCC(=O)O[C@H](COC(=O)CCCCCCCCCCCCC(C)CC)COP(=O)(O)OC[C@@H](O)COP(=O)(O)OC[C@@H](COC(=O)CCCCCCCCC)OC(=O)CCCCCCCCCCCCCCC. The number of rotatable bonds is 74. The van der Waals surface area contributed by atoms with E-state index in [0.717, 1.165) is 109 Å². The van der Waals surface area contributed by atoms with Gasteiger partial charge in [-0.3, -0.25) is 37.3 Å². The van der Waals surface area contributed by atoms with E-state index >= 15 is 0 Å². The Hall–Kier alpha value is -1.94. The Morgan fingerprint density at radius 2 is 0.516 bits per heavy atom. The molecule has 0 aliphatic heterocycles. The minimum atomic E-state index is -4.95. The minimum absolute atomic E-state index is 0.107. The first-order valence-corrected chi connectivity index (χ1v) is 41.7. The van der Waals surface area contributed by atoms with Gasteiger partial charge in [0.15, 0.2) is 12.2 Å². The van der Waals surface area contributed by atoms with E-state index < -0.39 is 97.5 Å². The maximum atomic E-state index is 13.1. The summed E-state index contributed by atoms with van der Waals surface area (Å²) in [7, 11) is -9.90. The molecular weight excluding hydrogens is 1220 g/mol.